The van der Waals surface area contributed by atoms with Crippen LogP contribution in [0.3, 0.4) is 0 Å². The maximum Gasteiger partial charge on any atom is 0.191 e. The third-order valence-corrected chi connectivity index (χ3v) is 3.56. The molecule has 22 heavy (non-hydrogen) atoms. The van der Waals surface area contributed by atoms with E-state index in [4.69, 9.17) is 15.2 Å². The van der Waals surface area contributed by atoms with Gasteiger partial charge in [0.2, 0.25) is 0 Å². The molecule has 0 aliphatic carbocycles. The van der Waals surface area contributed by atoms with Crippen LogP contribution in [0.2, 0.25) is 0 Å². The maximum atomic E-state index is 5.97. The number of aromatic nitrogens is 4. The summed E-state index contributed by atoms with van der Waals surface area (Å²) in [4.78, 5) is 8.93. The molecule has 0 aromatic carbocycles. The van der Waals surface area contributed by atoms with Crippen LogP contribution in [0.15, 0.2) is 5.16 Å². The SMILES string of the molecule is CCOC(CNc1nc(SC)nc2c1c(N)nn2C)OCC. The number of nitrogens with one attached hydrogen (secondary N) is 1. The number of nitrogens with two attached hydrogens (primary N) is 1. The first kappa shape index (κ1) is 16.8. The first-order chi connectivity index (χ1) is 10.6. The van der Waals surface area contributed by atoms with E-state index in [1.165, 1.54) is 11.8 Å². The fourth-order valence-electron chi connectivity index (χ4n) is 2.09. The molecule has 8 nitrogen and oxygen atoms in total. The van der Waals surface area contributed by atoms with E-state index in [-0.39, 0.29) is 6.29 Å². The summed E-state index contributed by atoms with van der Waals surface area (Å²) in [5.41, 5.74) is 6.67. The predicted molar refractivity (Wildman–Crippen MR) is 88.0 cm³/mol. The number of rotatable bonds is 8. The van der Waals surface area contributed by atoms with Crippen molar-refractivity contribution in [2.24, 2.45) is 7.05 Å². The van der Waals surface area contributed by atoms with Crippen molar-refractivity contribution in [1.82, 2.24) is 19.7 Å². The molecule has 3 N–H and O–H groups in total. The maximum absolute atomic E-state index is 5.97. The summed E-state index contributed by atoms with van der Waals surface area (Å²) in [5.74, 6) is 1.04. The minimum Gasteiger partial charge on any atom is -0.382 e. The summed E-state index contributed by atoms with van der Waals surface area (Å²) in [7, 11) is 1.81. The van der Waals surface area contributed by atoms with Gasteiger partial charge in [0.1, 0.15) is 11.2 Å². The van der Waals surface area contributed by atoms with E-state index in [2.05, 4.69) is 20.4 Å². The van der Waals surface area contributed by atoms with Gasteiger partial charge >= 0.3 is 0 Å². The van der Waals surface area contributed by atoms with Gasteiger partial charge in [0.25, 0.3) is 0 Å². The Morgan fingerprint density at radius 2 is 1.95 bits per heavy atom. The summed E-state index contributed by atoms with van der Waals surface area (Å²) in [6, 6.07) is 0. The first-order valence-corrected chi connectivity index (χ1v) is 8.34. The Hall–Kier alpha value is -1.58. The van der Waals surface area contributed by atoms with E-state index < -0.39 is 0 Å². The summed E-state index contributed by atoms with van der Waals surface area (Å²) >= 11 is 1.46. The van der Waals surface area contributed by atoms with Crippen LogP contribution in [0, 0.1) is 0 Å². The van der Waals surface area contributed by atoms with Gasteiger partial charge in [-0.2, -0.15) is 5.10 Å². The van der Waals surface area contributed by atoms with Crippen LogP contribution in [0.25, 0.3) is 11.0 Å². The van der Waals surface area contributed by atoms with Crippen molar-refractivity contribution in [2.75, 3.05) is 37.1 Å². The lowest BCUT2D eigenvalue weighted by Crippen LogP contribution is -2.27. The molecule has 0 amide bonds. The molecule has 0 saturated carbocycles. The molecule has 0 saturated heterocycles. The number of nitrogen functional groups attached to an aromatic ring is 1. The Morgan fingerprint density at radius 3 is 2.55 bits per heavy atom. The van der Waals surface area contributed by atoms with Crippen molar-refractivity contribution >= 4 is 34.4 Å². The zero-order chi connectivity index (χ0) is 16.1. The average molecular weight is 326 g/mol. The molecular formula is C13H22N6O2S. The Balaban J connectivity index is 2.29. The van der Waals surface area contributed by atoms with Crippen LogP contribution in [-0.2, 0) is 16.5 Å². The van der Waals surface area contributed by atoms with Crippen molar-refractivity contribution in [3.05, 3.63) is 0 Å². The zero-order valence-electron chi connectivity index (χ0n) is 13.3. The van der Waals surface area contributed by atoms with Crippen LogP contribution in [0.5, 0.6) is 0 Å². The Labute approximate surface area is 133 Å². The minimum atomic E-state index is -0.337. The van der Waals surface area contributed by atoms with Gasteiger partial charge in [0.15, 0.2) is 22.9 Å². The standard InChI is InChI=1S/C13H22N6O2S/c1-5-20-8(21-6-2)7-15-11-9-10(14)18-19(3)12(9)17-13(16-11)22-4/h8H,5-7H2,1-4H3,(H2,14,18)(H,15,16,17). The molecule has 2 heterocycles. The topological polar surface area (TPSA) is 100 Å². The van der Waals surface area contributed by atoms with E-state index in [1.807, 2.05) is 27.2 Å². The molecule has 0 spiro atoms. The van der Waals surface area contributed by atoms with Crippen molar-refractivity contribution in [3.8, 4) is 0 Å². The first-order valence-electron chi connectivity index (χ1n) is 7.11. The third-order valence-electron chi connectivity index (χ3n) is 3.01. The molecule has 0 aliphatic heterocycles. The molecule has 2 rings (SSSR count). The zero-order valence-corrected chi connectivity index (χ0v) is 14.1. The number of hydrogen-bond acceptors (Lipinski definition) is 8. The van der Waals surface area contributed by atoms with Gasteiger partial charge in [0.05, 0.1) is 6.54 Å². The number of ether oxygens (including phenoxy) is 2. The van der Waals surface area contributed by atoms with E-state index in [9.17, 15) is 0 Å². The van der Waals surface area contributed by atoms with Gasteiger partial charge < -0.3 is 20.5 Å². The highest BCUT2D eigenvalue weighted by Crippen LogP contribution is 2.27. The minimum absolute atomic E-state index is 0.337. The normalized spacial score (nSPS) is 11.5. The monoisotopic (exact) mass is 326 g/mol. The highest BCUT2D eigenvalue weighted by Gasteiger charge is 2.17. The summed E-state index contributed by atoms with van der Waals surface area (Å²) in [6.07, 6.45) is 1.59. The Kier molecular flexibility index (Phi) is 5.81. The summed E-state index contributed by atoms with van der Waals surface area (Å²) in [6.45, 7) is 5.49. The lowest BCUT2D eigenvalue weighted by Gasteiger charge is -2.18. The summed E-state index contributed by atoms with van der Waals surface area (Å²) < 4.78 is 12.7. The molecular weight excluding hydrogens is 304 g/mol. The van der Waals surface area contributed by atoms with Gasteiger partial charge in [-0.3, -0.25) is 0 Å². The van der Waals surface area contributed by atoms with Crippen molar-refractivity contribution in [1.29, 1.82) is 0 Å². The van der Waals surface area contributed by atoms with Crippen LogP contribution in [0.1, 0.15) is 13.8 Å². The number of hydrogen-bond donors (Lipinski definition) is 2. The third kappa shape index (κ3) is 3.60. The van der Waals surface area contributed by atoms with Gasteiger partial charge in [0, 0.05) is 20.3 Å². The smallest absolute Gasteiger partial charge is 0.191 e. The fraction of sp³-hybridized carbons (Fsp3) is 0.615. The van der Waals surface area contributed by atoms with E-state index in [0.717, 1.165) is 0 Å². The van der Waals surface area contributed by atoms with Crippen molar-refractivity contribution in [2.45, 2.75) is 25.3 Å². The molecule has 122 valence electrons. The van der Waals surface area contributed by atoms with Gasteiger partial charge in [-0.15, -0.1) is 0 Å². The lowest BCUT2D eigenvalue weighted by molar-refractivity contribution is -0.126. The number of thioether (sulfide) groups is 1. The number of fused-ring (bicyclic) bond motifs is 1. The van der Waals surface area contributed by atoms with Gasteiger partial charge in [-0.25, -0.2) is 14.6 Å². The van der Waals surface area contributed by atoms with E-state index >= 15 is 0 Å². The van der Waals surface area contributed by atoms with Crippen molar-refractivity contribution in [3.63, 3.8) is 0 Å². The van der Waals surface area contributed by atoms with Crippen molar-refractivity contribution < 1.29 is 9.47 Å². The highest BCUT2D eigenvalue weighted by atomic mass is 32.2. The number of anilines is 2. The second kappa shape index (κ2) is 7.61. The molecule has 0 atom stereocenters. The summed E-state index contributed by atoms with van der Waals surface area (Å²) in [5, 5.41) is 8.81. The molecule has 2 aromatic rings. The Bertz CT molecular complexity index is 627. The van der Waals surface area contributed by atoms with Crippen LogP contribution in [0.4, 0.5) is 11.6 Å². The second-order valence-corrected chi connectivity index (χ2v) is 5.26. The molecule has 0 fully saturated rings. The number of aryl methyl sites for hydroxylation is 1. The molecule has 9 heteroatoms. The number of nitrogens with zero attached hydrogens (tertiary/aromatic N) is 4. The van der Waals surface area contributed by atoms with Gasteiger partial charge in [-0.05, 0) is 20.1 Å². The van der Waals surface area contributed by atoms with Crippen LogP contribution in [-0.4, -0.2) is 52.1 Å². The lowest BCUT2D eigenvalue weighted by atomic mass is 10.3. The Morgan fingerprint density at radius 1 is 1.27 bits per heavy atom. The van der Waals surface area contributed by atoms with E-state index in [0.29, 0.717) is 47.6 Å². The van der Waals surface area contributed by atoms with Crippen LogP contribution < -0.4 is 11.1 Å². The molecule has 2 aromatic heterocycles. The van der Waals surface area contributed by atoms with E-state index in [1.54, 1.807) is 4.68 Å². The highest BCUT2D eigenvalue weighted by molar-refractivity contribution is 7.98. The fourth-order valence-corrected chi connectivity index (χ4v) is 2.46. The molecule has 0 radical (unpaired) electrons. The quantitative estimate of drug-likeness (QED) is 0.427. The molecule has 0 unspecified atom stereocenters. The molecule has 0 aliphatic rings. The predicted octanol–water partition coefficient (Wildman–Crippen LogP) is 1.48. The molecule has 0 bridgehead atoms. The average Bonchev–Trinajstić information content (AvgIpc) is 2.79. The van der Waals surface area contributed by atoms with Gasteiger partial charge in [-0.1, -0.05) is 11.8 Å². The second-order valence-electron chi connectivity index (χ2n) is 4.49. The van der Waals surface area contributed by atoms with Crippen LogP contribution >= 0.6 is 11.8 Å². The largest absolute Gasteiger partial charge is 0.382 e.